The Kier molecular flexibility index (Phi) is 40.4. The molecule has 0 radical (unpaired) electrons. The fourth-order valence-electron chi connectivity index (χ4n) is 7.79. The monoisotopic (exact) mass is 947 g/mol. The first-order valence-electron chi connectivity index (χ1n) is 26.6. The quantitative estimate of drug-likeness (QED) is 0.0228. The number of rotatable bonds is 44. The van der Waals surface area contributed by atoms with E-state index in [-0.39, 0.29) is 25.9 Å². The average molecular weight is 947 g/mol. The van der Waals surface area contributed by atoms with Gasteiger partial charge in [-0.3, -0.25) is 14.4 Å². The number of aliphatic hydroxyl groups excluding tert-OH is 2. The summed E-state index contributed by atoms with van der Waals surface area (Å²) in [5, 5.41) is 31.3. The van der Waals surface area contributed by atoms with E-state index in [4.69, 9.17) is 23.7 Å². The Hall–Kier alpha value is -3.32. The van der Waals surface area contributed by atoms with Gasteiger partial charge in [0.1, 0.15) is 18.8 Å². The van der Waals surface area contributed by atoms with Crippen molar-refractivity contribution in [2.24, 2.45) is 0 Å². The summed E-state index contributed by atoms with van der Waals surface area (Å²) >= 11 is 0. The van der Waals surface area contributed by atoms with Gasteiger partial charge in [-0.1, -0.05) is 179 Å². The van der Waals surface area contributed by atoms with Gasteiger partial charge in [-0.05, 0) is 77.0 Å². The normalized spacial score (nSPS) is 19.2. The van der Waals surface area contributed by atoms with E-state index in [0.717, 1.165) is 109 Å². The van der Waals surface area contributed by atoms with Crippen LogP contribution in [0.25, 0.3) is 0 Å². The topological polar surface area (TPSA) is 175 Å². The van der Waals surface area contributed by atoms with Gasteiger partial charge in [-0.15, -0.1) is 0 Å². The number of aliphatic carboxylic acids is 1. The number of unbranched alkanes of at least 4 members (excludes halogenated alkanes) is 22. The fraction of sp³-hybridized carbons (Fsp3) is 0.782. The van der Waals surface area contributed by atoms with Crippen molar-refractivity contribution >= 4 is 23.9 Å². The number of carbonyl (C=O) groups excluding carboxylic acids is 3. The lowest BCUT2D eigenvalue weighted by molar-refractivity contribution is -0.301. The molecule has 0 amide bonds. The molecule has 386 valence electrons. The highest BCUT2D eigenvalue weighted by Gasteiger charge is 2.50. The first-order valence-corrected chi connectivity index (χ1v) is 26.6. The van der Waals surface area contributed by atoms with Gasteiger partial charge in [0.25, 0.3) is 0 Å². The van der Waals surface area contributed by atoms with Crippen LogP contribution in [-0.4, -0.2) is 89.2 Å². The Bertz CT molecular complexity index is 1360. The predicted molar refractivity (Wildman–Crippen MR) is 266 cm³/mol. The molecule has 0 bridgehead atoms. The van der Waals surface area contributed by atoms with E-state index in [1.54, 1.807) is 0 Å². The molecule has 12 nitrogen and oxygen atoms in total. The number of hydrogen-bond acceptors (Lipinski definition) is 11. The lowest BCUT2D eigenvalue weighted by Crippen LogP contribution is -2.61. The molecule has 1 rings (SSSR count). The molecular formula is C55H94O12. The average Bonchev–Trinajstić information content (AvgIpc) is 3.31. The van der Waals surface area contributed by atoms with Crippen LogP contribution in [0.4, 0.5) is 0 Å². The molecule has 6 atom stereocenters. The molecule has 67 heavy (non-hydrogen) atoms. The number of hydrogen-bond donors (Lipinski definition) is 3. The minimum atomic E-state index is -1.90. The van der Waals surface area contributed by atoms with Crippen LogP contribution in [-0.2, 0) is 42.9 Å². The first kappa shape index (κ1) is 61.7. The molecule has 0 aromatic rings. The zero-order chi connectivity index (χ0) is 49.0. The number of allylic oxidation sites excluding steroid dienone is 8. The van der Waals surface area contributed by atoms with E-state index < -0.39 is 67.3 Å². The van der Waals surface area contributed by atoms with Crippen molar-refractivity contribution in [2.45, 2.75) is 263 Å². The largest absolute Gasteiger partial charge is 0.479 e. The molecule has 6 unspecified atom stereocenters. The number of aliphatic hydroxyl groups is 2. The Morgan fingerprint density at radius 2 is 0.940 bits per heavy atom. The Morgan fingerprint density at radius 3 is 1.46 bits per heavy atom. The van der Waals surface area contributed by atoms with E-state index in [1.807, 2.05) is 0 Å². The molecule has 1 fully saturated rings. The highest BCUT2D eigenvalue weighted by atomic mass is 16.7. The minimum Gasteiger partial charge on any atom is -0.479 e. The molecule has 0 aliphatic carbocycles. The summed E-state index contributed by atoms with van der Waals surface area (Å²) in [7, 11) is 0. The van der Waals surface area contributed by atoms with Crippen LogP contribution >= 0.6 is 0 Å². The molecule has 0 aromatic carbocycles. The van der Waals surface area contributed by atoms with E-state index in [2.05, 4.69) is 69.4 Å². The maximum Gasteiger partial charge on any atom is 0.335 e. The zero-order valence-electron chi connectivity index (χ0n) is 42.1. The van der Waals surface area contributed by atoms with Crippen LogP contribution in [0.5, 0.6) is 0 Å². The lowest BCUT2D eigenvalue weighted by atomic mass is 9.98. The summed E-state index contributed by atoms with van der Waals surface area (Å²) in [5.41, 5.74) is 0. The Labute approximate surface area is 405 Å². The van der Waals surface area contributed by atoms with Gasteiger partial charge in [0.2, 0.25) is 0 Å². The minimum absolute atomic E-state index is 0.0499. The van der Waals surface area contributed by atoms with Gasteiger partial charge in [0, 0.05) is 19.3 Å². The molecule has 12 heteroatoms. The van der Waals surface area contributed by atoms with E-state index in [0.29, 0.717) is 19.3 Å². The molecule has 0 aromatic heterocycles. The van der Waals surface area contributed by atoms with Crippen molar-refractivity contribution in [3.63, 3.8) is 0 Å². The second-order valence-corrected chi connectivity index (χ2v) is 18.1. The van der Waals surface area contributed by atoms with E-state index in [9.17, 15) is 34.5 Å². The summed E-state index contributed by atoms with van der Waals surface area (Å²) in [5.74, 6) is -3.15. The maximum atomic E-state index is 13.0. The maximum absolute atomic E-state index is 13.0. The summed E-state index contributed by atoms with van der Waals surface area (Å²) in [6.45, 7) is 5.80. The van der Waals surface area contributed by atoms with Crippen molar-refractivity contribution < 1.29 is 58.2 Å². The van der Waals surface area contributed by atoms with E-state index in [1.165, 1.54) is 57.8 Å². The SMILES string of the molecule is CC/C=C\C/C=C\C/C=C\CCCCCCCC(=O)OCC(COC1OC(C(=O)O)C(O)C(O)C1OC(=O)CCCCCCC/C=C\CCCCCC)OC(=O)CCCCCCCCCCC. The highest BCUT2D eigenvalue weighted by Crippen LogP contribution is 2.26. The highest BCUT2D eigenvalue weighted by molar-refractivity contribution is 5.74. The third-order valence-electron chi connectivity index (χ3n) is 11.9. The number of carbonyl (C=O) groups is 4. The zero-order valence-corrected chi connectivity index (χ0v) is 42.1. The van der Waals surface area contributed by atoms with Gasteiger partial charge in [-0.2, -0.15) is 0 Å². The van der Waals surface area contributed by atoms with Crippen molar-refractivity contribution in [3.8, 4) is 0 Å². The second kappa shape index (κ2) is 43.9. The summed E-state index contributed by atoms with van der Waals surface area (Å²) in [4.78, 5) is 50.8. The van der Waals surface area contributed by atoms with Crippen LogP contribution in [0, 0.1) is 0 Å². The molecular weight excluding hydrogens is 853 g/mol. The number of carboxylic acids is 1. The third kappa shape index (κ3) is 34.6. The third-order valence-corrected chi connectivity index (χ3v) is 11.9. The van der Waals surface area contributed by atoms with Crippen molar-refractivity contribution in [1.29, 1.82) is 0 Å². The number of esters is 3. The van der Waals surface area contributed by atoms with Gasteiger partial charge >= 0.3 is 23.9 Å². The Morgan fingerprint density at radius 1 is 0.507 bits per heavy atom. The number of carboxylic acid groups (broad SMARTS) is 1. The van der Waals surface area contributed by atoms with Crippen LogP contribution in [0.2, 0.25) is 0 Å². The second-order valence-electron chi connectivity index (χ2n) is 18.1. The van der Waals surface area contributed by atoms with Crippen molar-refractivity contribution in [1.82, 2.24) is 0 Å². The van der Waals surface area contributed by atoms with Gasteiger partial charge < -0.3 is 39.0 Å². The molecule has 3 N–H and O–H groups in total. The fourth-order valence-corrected chi connectivity index (χ4v) is 7.79. The first-order chi connectivity index (χ1) is 32.6. The molecule has 1 heterocycles. The van der Waals surface area contributed by atoms with Crippen LogP contribution in [0.15, 0.2) is 48.6 Å². The van der Waals surface area contributed by atoms with Crippen LogP contribution in [0.3, 0.4) is 0 Å². The Balaban J connectivity index is 2.72. The molecule has 1 aliphatic rings. The predicted octanol–water partition coefficient (Wildman–Crippen LogP) is 12.7. The summed E-state index contributed by atoms with van der Waals surface area (Å²) in [6, 6.07) is 0. The molecule has 1 aliphatic heterocycles. The van der Waals surface area contributed by atoms with Gasteiger partial charge in [0.05, 0.1) is 6.61 Å². The van der Waals surface area contributed by atoms with Crippen molar-refractivity contribution in [2.75, 3.05) is 13.2 Å². The number of ether oxygens (including phenoxy) is 5. The lowest BCUT2D eigenvalue weighted by Gasteiger charge is -2.40. The van der Waals surface area contributed by atoms with Gasteiger partial charge in [-0.25, -0.2) is 4.79 Å². The van der Waals surface area contributed by atoms with Gasteiger partial charge in [0.15, 0.2) is 24.6 Å². The smallest absolute Gasteiger partial charge is 0.335 e. The van der Waals surface area contributed by atoms with Crippen LogP contribution < -0.4 is 0 Å². The summed E-state index contributed by atoms with van der Waals surface area (Å²) < 4.78 is 28.2. The standard InChI is InChI=1S/C55H94O12/c1-4-7-10-13-16-19-21-23-24-26-27-30-32-35-38-41-47(56)63-44-46(65-48(57)42-39-36-33-29-18-15-12-9-6-3)45-64-55-53(51(60)50(59)52(67-55)54(61)62)66-49(58)43-40-37-34-31-28-25-22-20-17-14-11-8-5-2/h7,10,16,19-20,22-24,46,50-53,55,59-60H,4-6,8-9,11-15,17-18,21,25-45H2,1-3H3,(H,61,62)/b10-7-,19-16-,22-20-,24-23-. The molecule has 0 saturated carbocycles. The molecule has 0 spiro atoms. The molecule has 1 saturated heterocycles. The summed E-state index contributed by atoms with van der Waals surface area (Å²) in [6.07, 6.45) is 38.2. The van der Waals surface area contributed by atoms with E-state index >= 15 is 0 Å². The van der Waals surface area contributed by atoms with Crippen molar-refractivity contribution in [3.05, 3.63) is 48.6 Å². The van der Waals surface area contributed by atoms with Crippen LogP contribution in [0.1, 0.15) is 226 Å².